The first-order chi connectivity index (χ1) is 18.1. The summed E-state index contributed by atoms with van der Waals surface area (Å²) < 4.78 is 14.1. The summed E-state index contributed by atoms with van der Waals surface area (Å²) in [5.41, 5.74) is 13.5. The number of nitrogens with one attached hydrogen (secondary N) is 1. The number of primary amides is 1. The number of anilines is 2. The molecule has 1 unspecified atom stereocenters. The molecule has 0 radical (unpaired) electrons. The Labute approximate surface area is 223 Å². The molecule has 0 fully saturated rings. The van der Waals surface area contributed by atoms with Gasteiger partial charge in [-0.1, -0.05) is 29.8 Å². The number of aromatic nitrogens is 1. The largest absolute Gasteiger partial charge is 0.497 e. The number of amides is 3. The maximum atomic E-state index is 14.1. The van der Waals surface area contributed by atoms with Crippen LogP contribution in [0.2, 0.25) is 0 Å². The summed E-state index contributed by atoms with van der Waals surface area (Å²) in [6.07, 6.45) is 0. The average molecular weight is 540 g/mol. The first kappa shape index (κ1) is 28.1. The van der Waals surface area contributed by atoms with Crippen LogP contribution in [0, 0.1) is 13.8 Å². The van der Waals surface area contributed by atoms with Gasteiger partial charge in [0.2, 0.25) is 5.91 Å². The van der Waals surface area contributed by atoms with Crippen molar-refractivity contribution in [3.63, 3.8) is 0 Å². The highest BCUT2D eigenvalue weighted by Gasteiger charge is 2.37. The molecule has 1 aromatic heterocycles. The maximum absolute atomic E-state index is 14.1. The van der Waals surface area contributed by atoms with Gasteiger partial charge in [0.25, 0.3) is 11.8 Å². The highest BCUT2D eigenvalue weighted by atomic mass is 32.1. The molecule has 0 bridgehead atoms. The number of ether oxygens (including phenoxy) is 2. The number of esters is 1. The van der Waals surface area contributed by atoms with Crippen molar-refractivity contribution in [2.75, 3.05) is 30.9 Å². The standard InChI is InChI=1S/C26H29N5O6S/c1-5-37-19(32)13-29-25(34)22(16-7-9-17(36-4)10-8-16)31(18-11-6-14(2)12-15(18)3)26(35)23-20(27)21(24(28)33)30-38-23/h6-12,22H,5,13,27H2,1-4H3,(H2,28,33)(H,29,34). The Kier molecular flexibility index (Phi) is 9.02. The van der Waals surface area contributed by atoms with Crippen LogP contribution in [-0.4, -0.2) is 48.3 Å². The minimum atomic E-state index is -1.25. The molecule has 2 aromatic carbocycles. The number of carbonyl (C=O) groups excluding carboxylic acids is 4. The Morgan fingerprint density at radius 3 is 2.34 bits per heavy atom. The molecule has 0 saturated carbocycles. The Morgan fingerprint density at radius 1 is 1.11 bits per heavy atom. The van der Waals surface area contributed by atoms with Crippen LogP contribution in [0.1, 0.15) is 49.8 Å². The normalized spacial score (nSPS) is 11.4. The second-order valence-electron chi connectivity index (χ2n) is 8.30. The van der Waals surface area contributed by atoms with E-state index in [9.17, 15) is 19.2 Å². The summed E-state index contributed by atoms with van der Waals surface area (Å²) in [5.74, 6) is -2.28. The SMILES string of the molecule is CCOC(=O)CNC(=O)C(c1ccc(OC)cc1)N(C(=O)c1snc(C(N)=O)c1N)c1ccc(C)cc1C. The van der Waals surface area contributed by atoms with E-state index in [1.165, 1.54) is 12.0 Å². The molecule has 0 aliphatic carbocycles. The lowest BCUT2D eigenvalue weighted by Crippen LogP contribution is -2.45. The van der Waals surface area contributed by atoms with Crippen LogP contribution in [0.3, 0.4) is 0 Å². The van der Waals surface area contributed by atoms with Crippen LogP contribution in [0.15, 0.2) is 42.5 Å². The number of hydrogen-bond acceptors (Lipinski definition) is 9. The molecule has 12 heteroatoms. The number of hydrogen-bond donors (Lipinski definition) is 3. The molecule has 11 nitrogen and oxygen atoms in total. The van der Waals surface area contributed by atoms with Crippen molar-refractivity contribution in [1.29, 1.82) is 0 Å². The zero-order valence-corrected chi connectivity index (χ0v) is 22.3. The molecule has 3 amide bonds. The van der Waals surface area contributed by atoms with E-state index < -0.39 is 36.3 Å². The number of nitrogens with zero attached hydrogens (tertiary/aromatic N) is 2. The van der Waals surface area contributed by atoms with Crippen molar-refractivity contribution in [3.8, 4) is 5.75 Å². The minimum Gasteiger partial charge on any atom is -0.497 e. The summed E-state index contributed by atoms with van der Waals surface area (Å²) in [7, 11) is 1.51. The third kappa shape index (κ3) is 6.09. The van der Waals surface area contributed by atoms with Crippen LogP contribution >= 0.6 is 11.5 Å². The van der Waals surface area contributed by atoms with E-state index in [-0.39, 0.29) is 22.9 Å². The molecule has 200 valence electrons. The molecular weight excluding hydrogens is 510 g/mol. The van der Waals surface area contributed by atoms with Gasteiger partial charge < -0.3 is 26.3 Å². The van der Waals surface area contributed by atoms with Crippen LogP contribution < -0.4 is 26.4 Å². The lowest BCUT2D eigenvalue weighted by Gasteiger charge is -2.32. The number of methoxy groups -OCH3 is 1. The van der Waals surface area contributed by atoms with Gasteiger partial charge in [0.1, 0.15) is 23.2 Å². The molecule has 1 heterocycles. The number of rotatable bonds is 10. The van der Waals surface area contributed by atoms with E-state index in [1.54, 1.807) is 50.2 Å². The molecule has 0 spiro atoms. The quantitative estimate of drug-likeness (QED) is 0.330. The van der Waals surface area contributed by atoms with Gasteiger partial charge in [-0.25, -0.2) is 0 Å². The summed E-state index contributed by atoms with van der Waals surface area (Å²) >= 11 is 0.707. The Bertz CT molecular complexity index is 1350. The molecule has 0 aliphatic heterocycles. The Morgan fingerprint density at radius 2 is 1.79 bits per heavy atom. The van der Waals surface area contributed by atoms with Crippen molar-refractivity contribution >= 4 is 46.6 Å². The fourth-order valence-electron chi connectivity index (χ4n) is 3.85. The van der Waals surface area contributed by atoms with Gasteiger partial charge in [-0.15, -0.1) is 0 Å². The van der Waals surface area contributed by atoms with Gasteiger partial charge in [-0.2, -0.15) is 4.37 Å². The number of benzene rings is 2. The van der Waals surface area contributed by atoms with E-state index in [0.29, 0.717) is 34.1 Å². The predicted octanol–water partition coefficient (Wildman–Crippen LogP) is 2.52. The highest BCUT2D eigenvalue weighted by Crippen LogP contribution is 2.35. The summed E-state index contributed by atoms with van der Waals surface area (Å²) in [6, 6.07) is 10.7. The second kappa shape index (κ2) is 12.2. The highest BCUT2D eigenvalue weighted by molar-refractivity contribution is 7.09. The van der Waals surface area contributed by atoms with E-state index in [1.807, 2.05) is 13.0 Å². The topological polar surface area (TPSA) is 167 Å². The molecule has 0 saturated heterocycles. The fourth-order valence-corrected chi connectivity index (χ4v) is 4.59. The fraction of sp³-hybridized carbons (Fsp3) is 0.269. The average Bonchev–Trinajstić information content (AvgIpc) is 3.28. The van der Waals surface area contributed by atoms with Crippen molar-refractivity contribution in [2.24, 2.45) is 5.73 Å². The Balaban J connectivity index is 2.20. The van der Waals surface area contributed by atoms with E-state index in [2.05, 4.69) is 9.69 Å². The third-order valence-corrected chi connectivity index (χ3v) is 6.49. The Hall–Kier alpha value is -4.45. The molecule has 3 aromatic rings. The van der Waals surface area contributed by atoms with E-state index in [4.69, 9.17) is 20.9 Å². The first-order valence-electron chi connectivity index (χ1n) is 11.6. The van der Waals surface area contributed by atoms with Crippen molar-refractivity contribution in [3.05, 3.63) is 69.7 Å². The summed E-state index contributed by atoms with van der Waals surface area (Å²) in [5, 5.41) is 2.56. The lowest BCUT2D eigenvalue weighted by atomic mass is 10.0. The zero-order chi connectivity index (χ0) is 28.0. The first-order valence-corrected chi connectivity index (χ1v) is 12.4. The smallest absolute Gasteiger partial charge is 0.325 e. The van der Waals surface area contributed by atoms with Crippen LogP contribution in [0.5, 0.6) is 5.75 Å². The van der Waals surface area contributed by atoms with Crippen molar-refractivity contribution in [1.82, 2.24) is 9.69 Å². The van der Waals surface area contributed by atoms with Gasteiger partial charge in [0, 0.05) is 5.69 Å². The van der Waals surface area contributed by atoms with Crippen LogP contribution in [-0.2, 0) is 14.3 Å². The van der Waals surface area contributed by atoms with Gasteiger partial charge in [-0.05, 0) is 61.6 Å². The third-order valence-electron chi connectivity index (χ3n) is 5.64. The van der Waals surface area contributed by atoms with Crippen molar-refractivity contribution < 1.29 is 28.7 Å². The second-order valence-corrected chi connectivity index (χ2v) is 9.08. The molecule has 1 atom stereocenters. The minimum absolute atomic E-state index is 0.0597. The molecular formula is C26H29N5O6S. The summed E-state index contributed by atoms with van der Waals surface area (Å²) in [6.45, 7) is 5.10. The summed E-state index contributed by atoms with van der Waals surface area (Å²) in [4.78, 5) is 52.7. The van der Waals surface area contributed by atoms with Gasteiger partial charge in [0.15, 0.2) is 5.69 Å². The van der Waals surface area contributed by atoms with E-state index in [0.717, 1.165) is 5.56 Å². The lowest BCUT2D eigenvalue weighted by molar-refractivity contribution is -0.143. The van der Waals surface area contributed by atoms with Crippen molar-refractivity contribution in [2.45, 2.75) is 26.8 Å². The molecule has 3 rings (SSSR count). The van der Waals surface area contributed by atoms with Gasteiger partial charge >= 0.3 is 5.97 Å². The molecule has 38 heavy (non-hydrogen) atoms. The number of carbonyl (C=O) groups is 4. The molecule has 5 N–H and O–H groups in total. The van der Waals surface area contributed by atoms with Gasteiger partial charge in [0.05, 0.1) is 19.4 Å². The predicted molar refractivity (Wildman–Crippen MR) is 143 cm³/mol. The monoisotopic (exact) mass is 539 g/mol. The van der Waals surface area contributed by atoms with Crippen LogP contribution in [0.4, 0.5) is 11.4 Å². The number of nitrogen functional groups attached to an aromatic ring is 1. The molecule has 0 aliphatic rings. The number of nitrogens with two attached hydrogens (primary N) is 2. The van der Waals surface area contributed by atoms with Gasteiger partial charge in [-0.3, -0.25) is 24.1 Å². The van der Waals surface area contributed by atoms with E-state index >= 15 is 0 Å². The number of aryl methyl sites for hydroxylation is 2. The maximum Gasteiger partial charge on any atom is 0.325 e. The zero-order valence-electron chi connectivity index (χ0n) is 21.4. The van der Waals surface area contributed by atoms with Crippen LogP contribution in [0.25, 0.3) is 0 Å².